The Hall–Kier alpha value is -3.40. The van der Waals surface area contributed by atoms with Crippen molar-refractivity contribution in [2.24, 2.45) is 0 Å². The molecule has 0 aliphatic carbocycles. The topological polar surface area (TPSA) is 57.6 Å². The minimum atomic E-state index is -0.951. The number of carboxylic acids is 1. The average molecular weight is 416 g/mol. The van der Waals surface area contributed by atoms with E-state index in [0.29, 0.717) is 17.8 Å². The number of allylic oxidation sites excluding steroid dienone is 3. The van der Waals surface area contributed by atoms with Gasteiger partial charge in [0, 0.05) is 18.3 Å². The first-order valence-electron chi connectivity index (χ1n) is 10.5. The van der Waals surface area contributed by atoms with Gasteiger partial charge in [-0.05, 0) is 44.7 Å². The van der Waals surface area contributed by atoms with Crippen LogP contribution in [0.1, 0.15) is 53.7 Å². The quantitative estimate of drug-likeness (QED) is 0.585. The third kappa shape index (κ3) is 5.40. The maximum atomic E-state index is 13.1. The van der Waals surface area contributed by atoms with E-state index in [-0.39, 0.29) is 5.78 Å². The summed E-state index contributed by atoms with van der Waals surface area (Å²) in [5, 5.41) is 9.48. The van der Waals surface area contributed by atoms with Crippen LogP contribution in [0.2, 0.25) is 0 Å². The van der Waals surface area contributed by atoms with E-state index < -0.39 is 11.4 Å². The molecule has 4 nitrogen and oxygen atoms in total. The molecule has 31 heavy (non-hydrogen) atoms. The molecule has 160 valence electrons. The highest BCUT2D eigenvalue weighted by molar-refractivity contribution is 6.08. The lowest BCUT2D eigenvalue weighted by Crippen LogP contribution is -2.28. The normalized spacial score (nSPS) is 14.4. The Morgan fingerprint density at radius 3 is 2.55 bits per heavy atom. The molecule has 3 rings (SSSR count). The molecular weight excluding hydrogens is 386 g/mol. The molecule has 1 N–H and O–H groups in total. The van der Waals surface area contributed by atoms with Gasteiger partial charge in [-0.15, -0.1) is 0 Å². The van der Waals surface area contributed by atoms with Crippen molar-refractivity contribution in [2.45, 2.75) is 39.0 Å². The predicted octanol–water partition coefficient (Wildman–Crippen LogP) is 5.75. The number of hydrogen-bond donors (Lipinski definition) is 1. The van der Waals surface area contributed by atoms with Crippen LogP contribution >= 0.6 is 0 Å². The van der Waals surface area contributed by atoms with Crippen molar-refractivity contribution in [3.8, 4) is 0 Å². The van der Waals surface area contributed by atoms with Crippen molar-refractivity contribution >= 4 is 17.8 Å². The van der Waals surface area contributed by atoms with Gasteiger partial charge in [-0.1, -0.05) is 78.4 Å². The van der Waals surface area contributed by atoms with E-state index in [9.17, 15) is 14.7 Å². The molecule has 1 aliphatic heterocycles. The van der Waals surface area contributed by atoms with Crippen molar-refractivity contribution in [1.29, 1.82) is 0 Å². The second-order valence-corrected chi connectivity index (χ2v) is 8.36. The number of benzene rings is 2. The first-order chi connectivity index (χ1) is 14.8. The first-order valence-corrected chi connectivity index (χ1v) is 10.5. The predicted molar refractivity (Wildman–Crippen MR) is 125 cm³/mol. The lowest BCUT2D eigenvalue weighted by Gasteiger charge is -2.21. The van der Waals surface area contributed by atoms with E-state index in [1.165, 1.54) is 0 Å². The van der Waals surface area contributed by atoms with Crippen LogP contribution in [0.3, 0.4) is 0 Å². The summed E-state index contributed by atoms with van der Waals surface area (Å²) in [6.07, 6.45) is 11.8. The zero-order valence-electron chi connectivity index (χ0n) is 18.3. The van der Waals surface area contributed by atoms with Gasteiger partial charge in [0.15, 0.2) is 0 Å². The third-order valence-corrected chi connectivity index (χ3v) is 5.57. The number of hydrogen-bond acceptors (Lipinski definition) is 3. The minimum absolute atomic E-state index is 0.0187. The molecule has 0 aromatic heterocycles. The second kappa shape index (κ2) is 9.61. The molecule has 0 amide bonds. The van der Waals surface area contributed by atoms with Gasteiger partial charge in [-0.25, -0.2) is 0 Å². The van der Waals surface area contributed by atoms with Gasteiger partial charge in [0.1, 0.15) is 0 Å². The van der Waals surface area contributed by atoms with Crippen molar-refractivity contribution in [2.75, 3.05) is 6.54 Å². The smallest absolute Gasteiger partial charge is 0.313 e. The maximum Gasteiger partial charge on any atom is 0.313 e. The summed E-state index contributed by atoms with van der Waals surface area (Å²) in [6, 6.07) is 15.2. The fourth-order valence-corrected chi connectivity index (χ4v) is 3.41. The number of carbonyl (C=O) groups is 2. The molecule has 0 spiro atoms. The van der Waals surface area contributed by atoms with E-state index in [1.54, 1.807) is 13.8 Å². The van der Waals surface area contributed by atoms with Crippen LogP contribution in [0.15, 0.2) is 78.7 Å². The number of Topliss-reactive ketones (excluding diaryl/α,β-unsaturated/α-hetero) is 1. The molecule has 0 bridgehead atoms. The Bertz CT molecular complexity index is 1040. The number of nitrogens with zero attached hydrogens (tertiary/aromatic N) is 1. The zero-order valence-corrected chi connectivity index (χ0v) is 18.3. The van der Waals surface area contributed by atoms with Crippen molar-refractivity contribution in [1.82, 2.24) is 4.90 Å². The molecule has 2 aromatic carbocycles. The highest BCUT2D eigenvalue weighted by atomic mass is 16.4. The maximum absolute atomic E-state index is 13.1. The van der Waals surface area contributed by atoms with E-state index in [2.05, 4.69) is 6.08 Å². The fourth-order valence-electron chi connectivity index (χ4n) is 3.41. The lowest BCUT2D eigenvalue weighted by atomic mass is 9.84. The van der Waals surface area contributed by atoms with Crippen LogP contribution in [0, 0.1) is 6.92 Å². The van der Waals surface area contributed by atoms with E-state index in [4.69, 9.17) is 0 Å². The molecular formula is C27H29NO3. The molecule has 1 aliphatic rings. The van der Waals surface area contributed by atoms with Gasteiger partial charge in [-0.3, -0.25) is 9.59 Å². The molecule has 2 aromatic rings. The van der Waals surface area contributed by atoms with Gasteiger partial charge < -0.3 is 10.0 Å². The Kier molecular flexibility index (Phi) is 6.91. The fraction of sp³-hybridized carbons (Fsp3) is 0.259. The Morgan fingerprint density at radius 2 is 1.84 bits per heavy atom. The third-order valence-electron chi connectivity index (χ3n) is 5.57. The number of aryl methyl sites for hydroxylation is 1. The molecule has 4 heteroatoms. The van der Waals surface area contributed by atoms with Gasteiger partial charge in [0.05, 0.1) is 11.1 Å². The molecule has 1 heterocycles. The summed E-state index contributed by atoms with van der Waals surface area (Å²) in [6.45, 7) is 5.96. The van der Waals surface area contributed by atoms with Crippen LogP contribution in [-0.2, 0) is 10.2 Å². The highest BCUT2D eigenvalue weighted by Crippen LogP contribution is 2.25. The first kappa shape index (κ1) is 22.3. The number of aliphatic carboxylic acids is 1. The lowest BCUT2D eigenvalue weighted by molar-refractivity contribution is -0.142. The summed E-state index contributed by atoms with van der Waals surface area (Å²) in [7, 11) is 0. The van der Waals surface area contributed by atoms with Gasteiger partial charge >= 0.3 is 5.97 Å². The molecule has 0 radical (unpaired) electrons. The van der Waals surface area contributed by atoms with Gasteiger partial charge in [-0.2, -0.15) is 0 Å². The van der Waals surface area contributed by atoms with Gasteiger partial charge in [0.2, 0.25) is 5.78 Å². The van der Waals surface area contributed by atoms with Crippen LogP contribution in [-0.4, -0.2) is 28.3 Å². The van der Waals surface area contributed by atoms with Crippen molar-refractivity contribution < 1.29 is 14.7 Å². The molecule has 0 saturated carbocycles. The largest absolute Gasteiger partial charge is 0.481 e. The monoisotopic (exact) mass is 415 g/mol. The standard InChI is InChI=1S/C27H29NO3/c1-20-13-15-22(16-14-20)25(29)24-12-5-4-6-17-28(24)18-8-10-21-9-7-11-23(19-21)27(2,3)26(30)31/h6-17,19H,4-5,18H2,1-3H3,(H,30,31)/b10-8+. The summed E-state index contributed by atoms with van der Waals surface area (Å²) >= 11 is 0. The Morgan fingerprint density at radius 1 is 1.10 bits per heavy atom. The van der Waals surface area contributed by atoms with Crippen molar-refractivity contribution in [3.63, 3.8) is 0 Å². The Balaban J connectivity index is 1.77. The van der Waals surface area contributed by atoms with Crippen LogP contribution in [0.25, 0.3) is 6.08 Å². The van der Waals surface area contributed by atoms with E-state index >= 15 is 0 Å². The molecule has 0 atom stereocenters. The second-order valence-electron chi connectivity index (χ2n) is 8.36. The van der Waals surface area contributed by atoms with E-state index in [1.807, 2.05) is 84.8 Å². The molecule has 0 saturated heterocycles. The van der Waals surface area contributed by atoms with Crippen LogP contribution in [0.5, 0.6) is 0 Å². The summed E-state index contributed by atoms with van der Waals surface area (Å²) in [5.74, 6) is -0.835. The highest BCUT2D eigenvalue weighted by Gasteiger charge is 2.29. The van der Waals surface area contributed by atoms with Gasteiger partial charge in [0.25, 0.3) is 0 Å². The number of carboxylic acid groups (broad SMARTS) is 1. The van der Waals surface area contributed by atoms with Crippen LogP contribution < -0.4 is 0 Å². The van der Waals surface area contributed by atoms with Crippen LogP contribution in [0.4, 0.5) is 0 Å². The SMILES string of the molecule is Cc1ccc(C(=O)C2=CCCC=CN2C/C=C/c2cccc(C(C)(C)C(=O)O)c2)cc1. The minimum Gasteiger partial charge on any atom is -0.481 e. The summed E-state index contributed by atoms with van der Waals surface area (Å²) in [5.41, 5.74) is 3.23. The zero-order chi connectivity index (χ0) is 22.4. The number of carbonyl (C=O) groups excluding carboxylic acids is 1. The molecule has 0 fully saturated rings. The van der Waals surface area contributed by atoms with E-state index in [0.717, 1.165) is 29.5 Å². The summed E-state index contributed by atoms with van der Waals surface area (Å²) in [4.78, 5) is 26.6. The molecule has 0 unspecified atom stereocenters. The average Bonchev–Trinajstić information content (AvgIpc) is 2.99. The Labute approximate surface area is 184 Å². The number of ketones is 1. The number of rotatable bonds is 7. The summed E-state index contributed by atoms with van der Waals surface area (Å²) < 4.78 is 0. The van der Waals surface area contributed by atoms with Crippen molar-refractivity contribution in [3.05, 3.63) is 101 Å².